The first kappa shape index (κ1) is 15.2. The van der Waals surface area contributed by atoms with Crippen molar-refractivity contribution in [3.05, 3.63) is 29.8 Å². The smallest absolute Gasteiger partial charge is 0.184 e. The maximum Gasteiger partial charge on any atom is 0.184 e. The molecule has 5 atom stereocenters. The molecule has 1 unspecified atom stereocenters. The Labute approximate surface area is 115 Å². The van der Waals surface area contributed by atoms with Crippen LogP contribution < -0.4 is 0 Å². The number of hydrogen-bond acceptors (Lipinski definition) is 7. The van der Waals surface area contributed by atoms with Gasteiger partial charge in [-0.2, -0.15) is 0 Å². The Bertz CT molecular complexity index is 421. The van der Waals surface area contributed by atoms with E-state index < -0.39 is 43.9 Å². The van der Waals surface area contributed by atoms with E-state index in [1.807, 2.05) is 0 Å². The molecule has 20 heavy (non-hydrogen) atoms. The van der Waals surface area contributed by atoms with Crippen molar-refractivity contribution in [2.75, 3.05) is 13.2 Å². The van der Waals surface area contributed by atoms with E-state index in [4.69, 9.17) is 14.6 Å². The van der Waals surface area contributed by atoms with E-state index in [0.717, 1.165) is 0 Å². The Balaban J connectivity index is 2.11. The summed E-state index contributed by atoms with van der Waals surface area (Å²) in [5, 5.41) is 46.6. The minimum atomic E-state index is -1.38. The lowest BCUT2D eigenvalue weighted by atomic mass is 10.0. The fourth-order valence-electron chi connectivity index (χ4n) is 2.06. The molecule has 5 N–H and O–H groups in total. The SMILES string of the molecule is OC[C@H](O)[C@@H](O)[C@@H]1OC(c2ccc(O)cc2)O[C@@H]1CO. The van der Waals surface area contributed by atoms with Crippen molar-refractivity contribution in [1.82, 2.24) is 0 Å². The molecule has 1 fully saturated rings. The summed E-state index contributed by atoms with van der Waals surface area (Å²) in [6.45, 7) is -1.02. The van der Waals surface area contributed by atoms with Gasteiger partial charge < -0.3 is 35.0 Å². The number of ether oxygens (including phenoxy) is 2. The van der Waals surface area contributed by atoms with E-state index in [1.54, 1.807) is 12.1 Å². The molecule has 0 aromatic heterocycles. The average molecular weight is 286 g/mol. The second kappa shape index (κ2) is 6.49. The van der Waals surface area contributed by atoms with E-state index in [0.29, 0.717) is 5.56 Å². The van der Waals surface area contributed by atoms with E-state index >= 15 is 0 Å². The molecule has 1 aromatic rings. The number of phenolic OH excluding ortho intramolecular Hbond substituents is 1. The fraction of sp³-hybridized carbons (Fsp3) is 0.538. The lowest BCUT2D eigenvalue weighted by Crippen LogP contribution is -2.45. The van der Waals surface area contributed by atoms with Crippen LogP contribution >= 0.6 is 0 Å². The Kier molecular flexibility index (Phi) is 4.92. The molecular formula is C13H18O7. The van der Waals surface area contributed by atoms with Gasteiger partial charge in [-0.05, 0) is 12.1 Å². The second-order valence-electron chi connectivity index (χ2n) is 4.62. The van der Waals surface area contributed by atoms with Gasteiger partial charge in [0.15, 0.2) is 6.29 Å². The van der Waals surface area contributed by atoms with Crippen LogP contribution in [0.25, 0.3) is 0 Å². The van der Waals surface area contributed by atoms with Crippen LogP contribution in [0.1, 0.15) is 11.9 Å². The molecular weight excluding hydrogens is 268 g/mol. The Hall–Kier alpha value is -1.22. The number of aromatic hydroxyl groups is 1. The largest absolute Gasteiger partial charge is 0.508 e. The van der Waals surface area contributed by atoms with Crippen LogP contribution in [0.5, 0.6) is 5.75 Å². The van der Waals surface area contributed by atoms with Crippen molar-refractivity contribution in [2.45, 2.75) is 30.7 Å². The fourth-order valence-corrected chi connectivity index (χ4v) is 2.06. The van der Waals surface area contributed by atoms with Crippen molar-refractivity contribution >= 4 is 0 Å². The molecule has 7 nitrogen and oxygen atoms in total. The highest BCUT2D eigenvalue weighted by Gasteiger charge is 2.43. The zero-order chi connectivity index (χ0) is 14.7. The third-order valence-corrected chi connectivity index (χ3v) is 3.21. The standard InChI is InChI=1S/C13H18O7/c14-5-9(17)11(18)12-10(6-15)19-13(20-12)7-1-3-8(16)4-2-7/h1-4,9-18H,5-6H2/t9-,10+,11+,12+,13?/m0/s1. The number of aliphatic hydroxyl groups is 4. The number of aliphatic hydroxyl groups excluding tert-OH is 4. The molecule has 0 amide bonds. The number of phenols is 1. The molecule has 1 aliphatic heterocycles. The van der Waals surface area contributed by atoms with Gasteiger partial charge in [0.2, 0.25) is 0 Å². The lowest BCUT2D eigenvalue weighted by molar-refractivity contribution is -0.113. The van der Waals surface area contributed by atoms with Gasteiger partial charge in [-0.25, -0.2) is 0 Å². The number of benzene rings is 1. The first-order valence-corrected chi connectivity index (χ1v) is 6.24. The van der Waals surface area contributed by atoms with Crippen molar-refractivity contribution in [2.24, 2.45) is 0 Å². The first-order chi connectivity index (χ1) is 9.56. The highest BCUT2D eigenvalue weighted by molar-refractivity contribution is 5.27. The summed E-state index contributed by atoms with van der Waals surface area (Å²) in [4.78, 5) is 0. The van der Waals surface area contributed by atoms with E-state index in [-0.39, 0.29) is 5.75 Å². The number of rotatable bonds is 5. The van der Waals surface area contributed by atoms with Crippen molar-refractivity contribution in [1.29, 1.82) is 0 Å². The predicted molar refractivity (Wildman–Crippen MR) is 66.8 cm³/mol. The zero-order valence-corrected chi connectivity index (χ0v) is 10.7. The van der Waals surface area contributed by atoms with E-state index in [1.165, 1.54) is 12.1 Å². The minimum absolute atomic E-state index is 0.0951. The summed E-state index contributed by atoms with van der Waals surface area (Å²) in [5.74, 6) is 0.0951. The summed E-state index contributed by atoms with van der Waals surface area (Å²) < 4.78 is 10.9. The molecule has 0 spiro atoms. The van der Waals surface area contributed by atoms with Crippen LogP contribution in [0.3, 0.4) is 0 Å². The monoisotopic (exact) mass is 286 g/mol. The van der Waals surface area contributed by atoms with Crippen LogP contribution in [0.4, 0.5) is 0 Å². The minimum Gasteiger partial charge on any atom is -0.508 e. The molecule has 2 rings (SSSR count). The number of hydrogen-bond donors (Lipinski definition) is 5. The molecule has 0 aliphatic carbocycles. The van der Waals surface area contributed by atoms with Gasteiger partial charge in [-0.15, -0.1) is 0 Å². The topological polar surface area (TPSA) is 120 Å². The van der Waals surface area contributed by atoms with Gasteiger partial charge in [-0.3, -0.25) is 0 Å². The Morgan fingerprint density at radius 3 is 2.25 bits per heavy atom. The summed E-state index contributed by atoms with van der Waals surface area (Å²) >= 11 is 0. The molecule has 1 aromatic carbocycles. The first-order valence-electron chi connectivity index (χ1n) is 6.24. The molecule has 112 valence electrons. The third-order valence-electron chi connectivity index (χ3n) is 3.21. The van der Waals surface area contributed by atoms with Crippen LogP contribution in [-0.4, -0.2) is 63.2 Å². The lowest BCUT2D eigenvalue weighted by Gasteiger charge is -2.23. The van der Waals surface area contributed by atoms with Crippen LogP contribution in [0, 0.1) is 0 Å². The molecule has 0 bridgehead atoms. The van der Waals surface area contributed by atoms with Crippen molar-refractivity contribution in [3.63, 3.8) is 0 Å². The molecule has 1 aliphatic rings. The summed E-state index contributed by atoms with van der Waals surface area (Å²) in [6, 6.07) is 6.10. The maximum atomic E-state index is 9.86. The van der Waals surface area contributed by atoms with Crippen LogP contribution in [0.2, 0.25) is 0 Å². The normalized spacial score (nSPS) is 29.3. The van der Waals surface area contributed by atoms with Crippen LogP contribution in [0.15, 0.2) is 24.3 Å². The highest BCUT2D eigenvalue weighted by atomic mass is 16.7. The van der Waals surface area contributed by atoms with E-state index in [2.05, 4.69) is 0 Å². The molecule has 1 heterocycles. The second-order valence-corrected chi connectivity index (χ2v) is 4.62. The van der Waals surface area contributed by atoms with Gasteiger partial charge in [0.25, 0.3) is 0 Å². The van der Waals surface area contributed by atoms with Gasteiger partial charge >= 0.3 is 0 Å². The molecule has 7 heteroatoms. The highest BCUT2D eigenvalue weighted by Crippen LogP contribution is 2.33. The zero-order valence-electron chi connectivity index (χ0n) is 10.7. The summed E-state index contributed by atoms with van der Waals surface area (Å²) in [5.41, 5.74) is 0.606. The molecule has 1 saturated heterocycles. The molecule has 0 radical (unpaired) electrons. The van der Waals surface area contributed by atoms with Gasteiger partial charge in [0.05, 0.1) is 13.2 Å². The maximum absolute atomic E-state index is 9.86. The Morgan fingerprint density at radius 1 is 1.05 bits per heavy atom. The van der Waals surface area contributed by atoms with E-state index in [9.17, 15) is 20.4 Å². The quantitative estimate of drug-likeness (QED) is 0.465. The Morgan fingerprint density at radius 2 is 1.70 bits per heavy atom. The summed E-state index contributed by atoms with van der Waals surface area (Å²) in [6.07, 6.45) is -5.35. The van der Waals surface area contributed by atoms with Gasteiger partial charge in [0.1, 0.15) is 30.2 Å². The van der Waals surface area contributed by atoms with Gasteiger partial charge in [-0.1, -0.05) is 12.1 Å². The third kappa shape index (κ3) is 3.09. The summed E-state index contributed by atoms with van der Waals surface area (Å²) in [7, 11) is 0. The van der Waals surface area contributed by atoms with Gasteiger partial charge in [0, 0.05) is 5.56 Å². The van der Waals surface area contributed by atoms with Crippen molar-refractivity contribution in [3.8, 4) is 5.75 Å². The predicted octanol–water partition coefficient (Wildman–Crippen LogP) is -1.12. The average Bonchev–Trinajstić information content (AvgIpc) is 2.90. The van der Waals surface area contributed by atoms with Crippen molar-refractivity contribution < 1.29 is 35.0 Å². The molecule has 0 saturated carbocycles. The van der Waals surface area contributed by atoms with Crippen LogP contribution in [-0.2, 0) is 9.47 Å².